The van der Waals surface area contributed by atoms with Gasteiger partial charge >= 0.3 is 0 Å². The molecular weight excluding hydrogens is 314 g/mol. The highest BCUT2D eigenvalue weighted by Gasteiger charge is 2.16. The van der Waals surface area contributed by atoms with Gasteiger partial charge in [-0.25, -0.2) is 0 Å². The van der Waals surface area contributed by atoms with Crippen molar-refractivity contribution in [1.29, 1.82) is 0 Å². The standard InChI is InChI=1S/C20H31N3O2/c1-4-5-12-22(3)20(25)15-19(24)21-17-6-8-18(9-7-17)23-13-10-16(2)11-14-23/h6-9,16H,4-5,10-15H2,1-3H3,(H,21,24). The van der Waals surface area contributed by atoms with Gasteiger partial charge in [-0.15, -0.1) is 0 Å². The molecule has 1 heterocycles. The maximum absolute atomic E-state index is 12.1. The Balaban J connectivity index is 1.82. The van der Waals surface area contributed by atoms with Gasteiger partial charge < -0.3 is 15.1 Å². The maximum atomic E-state index is 12.1. The summed E-state index contributed by atoms with van der Waals surface area (Å²) in [6.07, 6.45) is 4.34. The minimum absolute atomic E-state index is 0.105. The Morgan fingerprint density at radius 2 is 1.84 bits per heavy atom. The smallest absolute Gasteiger partial charge is 0.233 e. The number of benzene rings is 1. The van der Waals surface area contributed by atoms with Gasteiger partial charge in [0.05, 0.1) is 0 Å². The van der Waals surface area contributed by atoms with Crippen LogP contribution in [0.15, 0.2) is 24.3 Å². The summed E-state index contributed by atoms with van der Waals surface area (Å²) in [5.41, 5.74) is 1.93. The van der Waals surface area contributed by atoms with Crippen molar-refractivity contribution in [2.45, 2.75) is 46.0 Å². The van der Waals surface area contributed by atoms with Gasteiger partial charge in [-0.3, -0.25) is 9.59 Å². The summed E-state index contributed by atoms with van der Waals surface area (Å²) < 4.78 is 0. The monoisotopic (exact) mass is 345 g/mol. The van der Waals surface area contributed by atoms with Gasteiger partial charge in [-0.2, -0.15) is 0 Å². The fourth-order valence-electron chi connectivity index (χ4n) is 3.02. The molecule has 0 spiro atoms. The first-order chi connectivity index (χ1) is 12.0. The summed E-state index contributed by atoms with van der Waals surface area (Å²) >= 11 is 0. The van der Waals surface area contributed by atoms with E-state index in [0.29, 0.717) is 6.54 Å². The van der Waals surface area contributed by atoms with Crippen LogP contribution in [0.4, 0.5) is 11.4 Å². The molecule has 0 atom stereocenters. The van der Waals surface area contributed by atoms with Gasteiger partial charge in [0.2, 0.25) is 11.8 Å². The van der Waals surface area contributed by atoms with Crippen LogP contribution in [-0.4, -0.2) is 43.4 Å². The first-order valence-electron chi connectivity index (χ1n) is 9.38. The van der Waals surface area contributed by atoms with Gasteiger partial charge in [-0.1, -0.05) is 20.3 Å². The van der Waals surface area contributed by atoms with Crippen molar-refractivity contribution < 1.29 is 9.59 Å². The number of unbranched alkanes of at least 4 members (excludes halogenated alkanes) is 1. The van der Waals surface area contributed by atoms with Crippen molar-refractivity contribution in [2.75, 3.05) is 36.9 Å². The number of hydrogen-bond donors (Lipinski definition) is 1. The molecule has 1 N–H and O–H groups in total. The number of carbonyl (C=O) groups is 2. The largest absolute Gasteiger partial charge is 0.372 e. The topological polar surface area (TPSA) is 52.7 Å². The summed E-state index contributed by atoms with van der Waals surface area (Å²) in [5, 5.41) is 2.82. The molecule has 0 aromatic heterocycles. The number of amides is 2. The van der Waals surface area contributed by atoms with Crippen molar-refractivity contribution in [3.05, 3.63) is 24.3 Å². The van der Waals surface area contributed by atoms with Crippen molar-refractivity contribution in [2.24, 2.45) is 5.92 Å². The highest BCUT2D eigenvalue weighted by atomic mass is 16.2. The molecule has 0 radical (unpaired) electrons. The zero-order valence-electron chi connectivity index (χ0n) is 15.8. The van der Waals surface area contributed by atoms with Crippen LogP contribution in [0.25, 0.3) is 0 Å². The third-order valence-electron chi connectivity index (χ3n) is 4.88. The molecule has 1 aliphatic rings. The van der Waals surface area contributed by atoms with Crippen LogP contribution in [0.1, 0.15) is 46.0 Å². The highest BCUT2D eigenvalue weighted by molar-refractivity contribution is 6.03. The van der Waals surface area contributed by atoms with E-state index >= 15 is 0 Å². The van der Waals surface area contributed by atoms with Crippen molar-refractivity contribution in [3.63, 3.8) is 0 Å². The third-order valence-corrected chi connectivity index (χ3v) is 4.88. The summed E-state index contributed by atoms with van der Waals surface area (Å²) in [7, 11) is 1.75. The average molecular weight is 345 g/mol. The molecule has 0 bridgehead atoms. The average Bonchev–Trinajstić information content (AvgIpc) is 2.61. The van der Waals surface area contributed by atoms with Crippen LogP contribution in [0.5, 0.6) is 0 Å². The molecule has 0 aliphatic carbocycles. The predicted molar refractivity (Wildman–Crippen MR) is 103 cm³/mol. The highest BCUT2D eigenvalue weighted by Crippen LogP contribution is 2.24. The molecule has 5 heteroatoms. The van der Waals surface area contributed by atoms with Crippen LogP contribution in [0.3, 0.4) is 0 Å². The Morgan fingerprint density at radius 1 is 1.20 bits per heavy atom. The Hall–Kier alpha value is -2.04. The zero-order valence-corrected chi connectivity index (χ0v) is 15.8. The van der Waals surface area contributed by atoms with Crippen molar-refractivity contribution in [3.8, 4) is 0 Å². The molecule has 0 unspecified atom stereocenters. The number of carbonyl (C=O) groups excluding carboxylic acids is 2. The van der Waals surface area contributed by atoms with Gasteiger partial charge in [-0.05, 0) is 49.4 Å². The SMILES string of the molecule is CCCCN(C)C(=O)CC(=O)Nc1ccc(N2CCC(C)CC2)cc1. The lowest BCUT2D eigenvalue weighted by atomic mass is 9.99. The number of nitrogens with zero attached hydrogens (tertiary/aromatic N) is 2. The van der Waals surface area contributed by atoms with Gasteiger partial charge in [0, 0.05) is 38.1 Å². The summed E-state index contributed by atoms with van der Waals surface area (Å²) in [6, 6.07) is 7.91. The Kier molecular flexibility index (Phi) is 7.29. The van der Waals surface area contributed by atoms with E-state index in [9.17, 15) is 9.59 Å². The lowest BCUT2D eigenvalue weighted by molar-refractivity contribution is -0.133. The van der Waals surface area contributed by atoms with E-state index in [0.717, 1.165) is 37.5 Å². The van der Waals surface area contributed by atoms with Gasteiger partial charge in [0.1, 0.15) is 6.42 Å². The molecule has 1 saturated heterocycles. The Morgan fingerprint density at radius 3 is 2.44 bits per heavy atom. The molecule has 5 nitrogen and oxygen atoms in total. The number of rotatable bonds is 7. The van der Waals surface area contributed by atoms with Gasteiger partial charge in [0.15, 0.2) is 0 Å². The first-order valence-corrected chi connectivity index (χ1v) is 9.38. The molecule has 138 valence electrons. The third kappa shape index (κ3) is 6.07. The van der Waals surface area contributed by atoms with E-state index in [-0.39, 0.29) is 18.2 Å². The number of nitrogens with one attached hydrogen (secondary N) is 1. The minimum Gasteiger partial charge on any atom is -0.372 e. The van der Waals surface area contributed by atoms with Gasteiger partial charge in [0.25, 0.3) is 0 Å². The molecular formula is C20H31N3O2. The van der Waals surface area contributed by atoms with E-state index in [1.807, 2.05) is 24.3 Å². The van der Waals surface area contributed by atoms with E-state index in [1.165, 1.54) is 18.5 Å². The maximum Gasteiger partial charge on any atom is 0.233 e. The molecule has 1 aromatic carbocycles. The lowest BCUT2D eigenvalue weighted by Gasteiger charge is -2.32. The predicted octanol–water partition coefficient (Wildman–Crippen LogP) is 3.51. The van der Waals surface area contributed by atoms with Crippen LogP contribution in [0, 0.1) is 5.92 Å². The fraction of sp³-hybridized carbons (Fsp3) is 0.600. The van der Waals surface area contributed by atoms with Crippen LogP contribution >= 0.6 is 0 Å². The second kappa shape index (κ2) is 9.44. The fourth-order valence-corrected chi connectivity index (χ4v) is 3.02. The summed E-state index contributed by atoms with van der Waals surface area (Å²) in [4.78, 5) is 28.1. The quantitative estimate of drug-likeness (QED) is 0.770. The molecule has 25 heavy (non-hydrogen) atoms. The molecule has 2 rings (SSSR count). The summed E-state index contributed by atoms with van der Waals surface area (Å²) in [5.74, 6) is 0.417. The van der Waals surface area contributed by atoms with E-state index in [1.54, 1.807) is 11.9 Å². The molecule has 1 fully saturated rings. The first kappa shape index (κ1) is 19.3. The Labute approximate surface area is 151 Å². The van der Waals surface area contributed by atoms with Crippen LogP contribution in [-0.2, 0) is 9.59 Å². The number of anilines is 2. The Bertz CT molecular complexity index is 563. The van der Waals surface area contributed by atoms with E-state index in [4.69, 9.17) is 0 Å². The zero-order chi connectivity index (χ0) is 18.2. The van der Waals surface area contributed by atoms with Crippen LogP contribution < -0.4 is 10.2 Å². The van der Waals surface area contributed by atoms with E-state index in [2.05, 4.69) is 24.1 Å². The second-order valence-electron chi connectivity index (χ2n) is 7.11. The number of piperidine rings is 1. The molecule has 1 aliphatic heterocycles. The van der Waals surface area contributed by atoms with Crippen molar-refractivity contribution >= 4 is 23.2 Å². The molecule has 0 saturated carbocycles. The molecule has 2 amide bonds. The minimum atomic E-state index is -0.257. The molecule has 1 aromatic rings. The van der Waals surface area contributed by atoms with E-state index < -0.39 is 0 Å². The normalized spacial score (nSPS) is 15.1. The lowest BCUT2D eigenvalue weighted by Crippen LogP contribution is -2.32. The van der Waals surface area contributed by atoms with Crippen LogP contribution in [0.2, 0.25) is 0 Å². The second-order valence-corrected chi connectivity index (χ2v) is 7.11. The summed E-state index contributed by atoms with van der Waals surface area (Å²) in [6.45, 7) is 7.26. The number of hydrogen-bond acceptors (Lipinski definition) is 3. The van der Waals surface area contributed by atoms with Crippen molar-refractivity contribution in [1.82, 2.24) is 4.90 Å².